The van der Waals surface area contributed by atoms with E-state index in [4.69, 9.17) is 5.73 Å². The minimum Gasteiger partial charge on any atom is -0.349 e. The van der Waals surface area contributed by atoms with Crippen molar-refractivity contribution < 1.29 is 9.59 Å². The first-order valence-corrected chi connectivity index (χ1v) is 9.35. The van der Waals surface area contributed by atoms with Gasteiger partial charge in [-0.25, -0.2) is 0 Å². The van der Waals surface area contributed by atoms with Crippen LogP contribution in [-0.2, 0) is 16.0 Å². The number of fused-ring (bicyclic) bond motifs is 1. The number of para-hydroxylation sites is 1. The van der Waals surface area contributed by atoms with E-state index in [0.717, 1.165) is 18.5 Å². The summed E-state index contributed by atoms with van der Waals surface area (Å²) < 4.78 is 0. The molecule has 1 heterocycles. The van der Waals surface area contributed by atoms with E-state index in [1.807, 2.05) is 25.1 Å². The molecule has 0 saturated heterocycles. The van der Waals surface area contributed by atoms with Crippen molar-refractivity contribution in [1.29, 1.82) is 0 Å². The van der Waals surface area contributed by atoms with Gasteiger partial charge < -0.3 is 16.0 Å². The fourth-order valence-electron chi connectivity index (χ4n) is 3.16. The molecule has 0 aliphatic carbocycles. The van der Waals surface area contributed by atoms with E-state index < -0.39 is 6.04 Å². The van der Waals surface area contributed by atoms with Gasteiger partial charge in [0.05, 0.1) is 6.04 Å². The number of nitrogens with zero attached hydrogens (tertiary/aromatic N) is 1. The van der Waals surface area contributed by atoms with Crippen molar-refractivity contribution in [2.45, 2.75) is 59.0 Å². The van der Waals surface area contributed by atoms with Crippen LogP contribution >= 0.6 is 0 Å². The van der Waals surface area contributed by atoms with Gasteiger partial charge >= 0.3 is 0 Å². The van der Waals surface area contributed by atoms with Gasteiger partial charge in [-0.2, -0.15) is 0 Å². The number of hydrogen-bond acceptors (Lipinski definition) is 3. The number of amides is 2. The van der Waals surface area contributed by atoms with Crippen LogP contribution in [0.4, 0.5) is 5.69 Å². The van der Waals surface area contributed by atoms with Crippen molar-refractivity contribution in [1.82, 2.24) is 5.32 Å². The molecule has 2 amide bonds. The number of benzene rings is 1. The molecule has 0 radical (unpaired) electrons. The van der Waals surface area contributed by atoms with Gasteiger partial charge in [0.15, 0.2) is 0 Å². The van der Waals surface area contributed by atoms with Crippen LogP contribution in [0.5, 0.6) is 0 Å². The first-order valence-electron chi connectivity index (χ1n) is 9.35. The lowest BCUT2D eigenvalue weighted by molar-refractivity contribution is -0.123. The molecule has 0 saturated carbocycles. The number of carbonyl (C=O) groups excluding carboxylic acids is 2. The van der Waals surface area contributed by atoms with Gasteiger partial charge in [-0.3, -0.25) is 9.59 Å². The Morgan fingerprint density at radius 3 is 2.65 bits per heavy atom. The monoisotopic (exact) mass is 357 g/mol. The van der Waals surface area contributed by atoms with Crippen LogP contribution in [0.25, 0.3) is 0 Å². The molecule has 26 heavy (non-hydrogen) atoms. The third-order valence-electron chi connectivity index (χ3n) is 4.56. The van der Waals surface area contributed by atoms with E-state index in [-0.39, 0.29) is 23.3 Å². The summed E-state index contributed by atoms with van der Waals surface area (Å²) in [7, 11) is 0. The highest BCUT2D eigenvalue weighted by molar-refractivity contribution is 6.03. The largest absolute Gasteiger partial charge is 0.349 e. The molecule has 1 aromatic rings. The topological polar surface area (TPSA) is 75.4 Å². The number of rotatable bonds is 6. The molecule has 5 heteroatoms. The molecule has 2 atom stereocenters. The molecule has 0 unspecified atom stereocenters. The molecule has 1 aliphatic rings. The van der Waals surface area contributed by atoms with Gasteiger partial charge in [0.2, 0.25) is 5.91 Å². The van der Waals surface area contributed by atoms with Crippen molar-refractivity contribution in [3.8, 4) is 0 Å². The quantitative estimate of drug-likeness (QED) is 0.769. The van der Waals surface area contributed by atoms with Crippen LogP contribution in [0.3, 0.4) is 0 Å². The Bertz CT molecular complexity index is 676. The zero-order chi connectivity index (χ0) is 19.3. The van der Waals surface area contributed by atoms with Crippen LogP contribution in [0.1, 0.15) is 46.1 Å². The maximum absolute atomic E-state index is 12.7. The molecule has 0 aromatic heterocycles. The maximum Gasteiger partial charge on any atom is 0.250 e. The summed E-state index contributed by atoms with van der Waals surface area (Å²) in [5.41, 5.74) is 8.02. The molecule has 5 nitrogen and oxygen atoms in total. The molecular formula is C21H31N3O2. The molecular weight excluding hydrogens is 326 g/mol. The fourth-order valence-corrected chi connectivity index (χ4v) is 3.16. The first kappa shape index (κ1) is 20.2. The van der Waals surface area contributed by atoms with E-state index in [2.05, 4.69) is 32.2 Å². The Balaban J connectivity index is 2.09. The second-order valence-electron chi connectivity index (χ2n) is 8.12. The Hall–Kier alpha value is -2.14. The minimum absolute atomic E-state index is 0.0158. The van der Waals surface area contributed by atoms with Crippen molar-refractivity contribution in [3.63, 3.8) is 0 Å². The van der Waals surface area contributed by atoms with Gasteiger partial charge in [0.1, 0.15) is 0 Å². The van der Waals surface area contributed by atoms with Crippen molar-refractivity contribution in [3.05, 3.63) is 42.0 Å². The summed E-state index contributed by atoms with van der Waals surface area (Å²) >= 11 is 0. The zero-order valence-corrected chi connectivity index (χ0v) is 16.3. The highest BCUT2D eigenvalue weighted by atomic mass is 16.2. The predicted molar refractivity (Wildman–Crippen MR) is 106 cm³/mol. The third kappa shape index (κ3) is 5.43. The van der Waals surface area contributed by atoms with E-state index in [1.54, 1.807) is 17.1 Å². The number of nitrogens with one attached hydrogen (secondary N) is 1. The van der Waals surface area contributed by atoms with Crippen molar-refractivity contribution in [2.24, 2.45) is 11.1 Å². The summed E-state index contributed by atoms with van der Waals surface area (Å²) in [6.45, 7) is 8.90. The molecule has 3 N–H and O–H groups in total. The summed E-state index contributed by atoms with van der Waals surface area (Å²) in [5.74, 6) is -0.228. The van der Waals surface area contributed by atoms with Crippen LogP contribution < -0.4 is 16.0 Å². The molecule has 0 fully saturated rings. The van der Waals surface area contributed by atoms with Crippen molar-refractivity contribution >= 4 is 17.5 Å². The summed E-state index contributed by atoms with van der Waals surface area (Å²) in [6.07, 6.45) is 5.57. The van der Waals surface area contributed by atoms with Crippen LogP contribution in [0.15, 0.2) is 36.4 Å². The molecule has 0 bridgehead atoms. The van der Waals surface area contributed by atoms with E-state index in [0.29, 0.717) is 13.0 Å². The minimum atomic E-state index is -0.521. The smallest absolute Gasteiger partial charge is 0.250 e. The second kappa shape index (κ2) is 8.49. The normalized spacial score (nSPS) is 16.4. The fraction of sp³-hybridized carbons (Fsp3) is 0.524. The van der Waals surface area contributed by atoms with Crippen LogP contribution in [-0.4, -0.2) is 30.4 Å². The Morgan fingerprint density at radius 2 is 2.00 bits per heavy atom. The van der Waals surface area contributed by atoms with E-state index in [1.165, 1.54) is 5.56 Å². The van der Waals surface area contributed by atoms with Crippen LogP contribution in [0.2, 0.25) is 0 Å². The number of carbonyl (C=O) groups is 2. The summed E-state index contributed by atoms with van der Waals surface area (Å²) in [4.78, 5) is 26.6. The highest BCUT2D eigenvalue weighted by Crippen LogP contribution is 2.27. The van der Waals surface area contributed by atoms with Gasteiger partial charge in [-0.1, -0.05) is 52.0 Å². The molecule has 2 rings (SSSR count). The Labute approximate surface area is 156 Å². The van der Waals surface area contributed by atoms with Gasteiger partial charge in [0.25, 0.3) is 5.91 Å². The number of hydrogen-bond donors (Lipinski definition) is 2. The molecule has 1 aromatic carbocycles. The molecule has 0 spiro atoms. The highest BCUT2D eigenvalue weighted by Gasteiger charge is 2.24. The Morgan fingerprint density at radius 1 is 1.31 bits per heavy atom. The average molecular weight is 357 g/mol. The average Bonchev–Trinajstić information content (AvgIpc) is 3.01. The summed E-state index contributed by atoms with van der Waals surface area (Å²) in [6, 6.07) is 7.23. The SMILES string of the molecule is CC[C@H](N)C(=O)N[C@H](/C=C/C(=O)N1CCc2ccccc21)CC(C)(C)C. The van der Waals surface area contributed by atoms with Gasteiger partial charge in [-0.05, 0) is 36.3 Å². The lowest BCUT2D eigenvalue weighted by Gasteiger charge is -2.26. The lowest BCUT2D eigenvalue weighted by atomic mass is 9.87. The lowest BCUT2D eigenvalue weighted by Crippen LogP contribution is -2.45. The first-order chi connectivity index (χ1) is 12.2. The third-order valence-corrected chi connectivity index (χ3v) is 4.56. The number of anilines is 1. The standard InChI is InChI=1S/C21H31N3O2/c1-5-17(22)20(26)23-16(14-21(2,3)4)10-11-19(25)24-13-12-15-8-6-7-9-18(15)24/h6-11,16-17H,5,12-14,22H2,1-4H3,(H,23,26)/b11-10+/t16-,17+/m1/s1. The van der Waals surface area contributed by atoms with Crippen LogP contribution in [0, 0.1) is 5.41 Å². The maximum atomic E-state index is 12.7. The van der Waals surface area contributed by atoms with Crippen molar-refractivity contribution in [2.75, 3.05) is 11.4 Å². The Kier molecular flexibility index (Phi) is 6.59. The van der Waals surface area contributed by atoms with E-state index >= 15 is 0 Å². The molecule has 142 valence electrons. The van der Waals surface area contributed by atoms with Gasteiger partial charge in [-0.15, -0.1) is 0 Å². The predicted octanol–water partition coefficient (Wildman–Crippen LogP) is 2.79. The number of nitrogens with two attached hydrogens (primary N) is 1. The molecule has 1 aliphatic heterocycles. The second-order valence-corrected chi connectivity index (χ2v) is 8.12. The van der Waals surface area contributed by atoms with Gasteiger partial charge in [0, 0.05) is 24.4 Å². The summed E-state index contributed by atoms with van der Waals surface area (Å²) in [5, 5.41) is 2.97. The zero-order valence-electron chi connectivity index (χ0n) is 16.3. The van der Waals surface area contributed by atoms with E-state index in [9.17, 15) is 9.59 Å².